The summed E-state index contributed by atoms with van der Waals surface area (Å²) in [5.74, 6) is 1.85. The van der Waals surface area contributed by atoms with E-state index in [1.165, 1.54) is 38.5 Å². The Morgan fingerprint density at radius 2 is 2.12 bits per heavy atom. The quantitative estimate of drug-likeness (QED) is 0.759. The standard InChI is InChI=1S/C12H21N4O/c1-17-10-9-16-12(13-14-15-16)8-7-11-5-3-2-4-6-11/h11H,1-10H2. The van der Waals surface area contributed by atoms with Crippen LogP contribution in [-0.4, -0.2) is 26.8 Å². The Bertz CT molecular complexity index is 320. The molecule has 0 saturated heterocycles. The van der Waals surface area contributed by atoms with Crippen molar-refractivity contribution in [2.75, 3.05) is 6.61 Å². The summed E-state index contributed by atoms with van der Waals surface area (Å²) >= 11 is 0. The summed E-state index contributed by atoms with van der Waals surface area (Å²) in [6.07, 6.45) is 9.15. The molecule has 2 rings (SSSR count). The molecule has 0 aromatic carbocycles. The van der Waals surface area contributed by atoms with Crippen molar-refractivity contribution in [3.05, 3.63) is 12.9 Å². The normalized spacial score (nSPS) is 17.5. The molecule has 1 aromatic rings. The molecule has 17 heavy (non-hydrogen) atoms. The van der Waals surface area contributed by atoms with Crippen molar-refractivity contribution in [1.29, 1.82) is 0 Å². The molecule has 0 amide bonds. The van der Waals surface area contributed by atoms with Crippen molar-refractivity contribution in [3.63, 3.8) is 0 Å². The monoisotopic (exact) mass is 237 g/mol. The number of hydrogen-bond acceptors (Lipinski definition) is 4. The highest BCUT2D eigenvalue weighted by atomic mass is 16.5. The Labute approximate surface area is 103 Å². The maximum atomic E-state index is 4.80. The molecule has 5 nitrogen and oxygen atoms in total. The second kappa shape index (κ2) is 6.69. The number of nitrogens with zero attached hydrogens (tertiary/aromatic N) is 4. The lowest BCUT2D eigenvalue weighted by Gasteiger charge is -2.20. The summed E-state index contributed by atoms with van der Waals surface area (Å²) in [6, 6.07) is 0. The van der Waals surface area contributed by atoms with E-state index in [1.54, 1.807) is 0 Å². The first-order valence-corrected chi connectivity index (χ1v) is 6.52. The Morgan fingerprint density at radius 3 is 2.88 bits per heavy atom. The molecule has 1 aliphatic carbocycles. The van der Waals surface area contributed by atoms with E-state index >= 15 is 0 Å². The van der Waals surface area contributed by atoms with Crippen LogP contribution in [0.2, 0.25) is 0 Å². The highest BCUT2D eigenvalue weighted by Gasteiger charge is 2.15. The van der Waals surface area contributed by atoms with E-state index in [9.17, 15) is 0 Å². The van der Waals surface area contributed by atoms with Crippen molar-refractivity contribution in [1.82, 2.24) is 20.2 Å². The largest absolute Gasteiger partial charge is 0.377 e. The fraction of sp³-hybridized carbons (Fsp3) is 0.833. The van der Waals surface area contributed by atoms with Crippen LogP contribution in [0.1, 0.15) is 44.3 Å². The number of hydrogen-bond donors (Lipinski definition) is 0. The van der Waals surface area contributed by atoms with Gasteiger partial charge in [0.1, 0.15) is 0 Å². The van der Waals surface area contributed by atoms with Gasteiger partial charge >= 0.3 is 0 Å². The zero-order chi connectivity index (χ0) is 11.9. The van der Waals surface area contributed by atoms with Crippen LogP contribution in [-0.2, 0) is 17.7 Å². The number of aromatic nitrogens is 4. The minimum atomic E-state index is 0.557. The Hall–Kier alpha value is -0.970. The van der Waals surface area contributed by atoms with Gasteiger partial charge in [0.15, 0.2) is 5.82 Å². The fourth-order valence-corrected chi connectivity index (χ4v) is 2.54. The van der Waals surface area contributed by atoms with Crippen molar-refractivity contribution < 1.29 is 4.74 Å². The minimum Gasteiger partial charge on any atom is -0.377 e. The van der Waals surface area contributed by atoms with Gasteiger partial charge in [-0.25, -0.2) is 4.68 Å². The third-order valence-electron chi connectivity index (χ3n) is 3.55. The molecule has 1 aromatic heterocycles. The molecular weight excluding hydrogens is 216 g/mol. The van der Waals surface area contributed by atoms with Gasteiger partial charge in [0, 0.05) is 6.42 Å². The molecule has 1 saturated carbocycles. The zero-order valence-corrected chi connectivity index (χ0v) is 10.3. The van der Waals surface area contributed by atoms with Gasteiger partial charge in [-0.3, -0.25) is 0 Å². The molecule has 5 heteroatoms. The Morgan fingerprint density at radius 1 is 1.29 bits per heavy atom. The SMILES string of the molecule is [CH2]OCCn1nnnc1CCC1CCCCC1. The van der Waals surface area contributed by atoms with Gasteiger partial charge in [-0.1, -0.05) is 32.1 Å². The highest BCUT2D eigenvalue weighted by molar-refractivity contribution is 4.82. The van der Waals surface area contributed by atoms with Crippen LogP contribution in [0, 0.1) is 13.0 Å². The van der Waals surface area contributed by atoms with Gasteiger partial charge in [0.05, 0.1) is 20.3 Å². The molecule has 1 aliphatic rings. The minimum absolute atomic E-state index is 0.557. The summed E-state index contributed by atoms with van der Waals surface area (Å²) in [5, 5.41) is 11.8. The van der Waals surface area contributed by atoms with E-state index in [0.717, 1.165) is 18.2 Å². The lowest BCUT2D eigenvalue weighted by molar-refractivity contribution is 0.220. The summed E-state index contributed by atoms with van der Waals surface area (Å²) in [4.78, 5) is 0. The Kier molecular flexibility index (Phi) is 4.91. The average molecular weight is 237 g/mol. The fourth-order valence-electron chi connectivity index (χ4n) is 2.54. The predicted molar refractivity (Wildman–Crippen MR) is 64.0 cm³/mol. The zero-order valence-electron chi connectivity index (χ0n) is 10.3. The van der Waals surface area contributed by atoms with Gasteiger partial charge < -0.3 is 4.74 Å². The maximum absolute atomic E-state index is 4.80. The van der Waals surface area contributed by atoms with Crippen LogP contribution in [0.3, 0.4) is 0 Å². The lowest BCUT2D eigenvalue weighted by Crippen LogP contribution is -2.12. The summed E-state index contributed by atoms with van der Waals surface area (Å²) in [6.45, 7) is 1.25. The lowest BCUT2D eigenvalue weighted by atomic mass is 9.86. The molecule has 0 atom stereocenters. The van der Waals surface area contributed by atoms with Crippen LogP contribution in [0.15, 0.2) is 0 Å². The third kappa shape index (κ3) is 3.77. The molecule has 0 N–H and O–H groups in total. The molecule has 1 heterocycles. The van der Waals surface area contributed by atoms with E-state index in [4.69, 9.17) is 4.74 Å². The summed E-state index contributed by atoms with van der Waals surface area (Å²) in [5.41, 5.74) is 0. The topological polar surface area (TPSA) is 52.8 Å². The van der Waals surface area contributed by atoms with Gasteiger partial charge in [0.2, 0.25) is 0 Å². The number of ether oxygens (including phenoxy) is 1. The molecule has 1 fully saturated rings. The number of aryl methyl sites for hydroxylation is 1. The van der Waals surface area contributed by atoms with Crippen LogP contribution in [0.4, 0.5) is 0 Å². The predicted octanol–water partition coefficient (Wildman–Crippen LogP) is 1.99. The second-order valence-electron chi connectivity index (χ2n) is 4.77. The van der Waals surface area contributed by atoms with E-state index in [-0.39, 0.29) is 0 Å². The summed E-state index contributed by atoms with van der Waals surface area (Å²) < 4.78 is 6.63. The first-order valence-electron chi connectivity index (χ1n) is 6.52. The van der Waals surface area contributed by atoms with E-state index in [1.807, 2.05) is 4.68 Å². The third-order valence-corrected chi connectivity index (χ3v) is 3.55. The highest BCUT2D eigenvalue weighted by Crippen LogP contribution is 2.27. The van der Waals surface area contributed by atoms with E-state index in [0.29, 0.717) is 13.2 Å². The smallest absolute Gasteiger partial charge is 0.151 e. The van der Waals surface area contributed by atoms with Gasteiger partial charge in [0.25, 0.3) is 0 Å². The van der Waals surface area contributed by atoms with Crippen molar-refractivity contribution >= 4 is 0 Å². The van der Waals surface area contributed by atoms with E-state index < -0.39 is 0 Å². The van der Waals surface area contributed by atoms with Gasteiger partial charge in [-0.15, -0.1) is 5.10 Å². The molecule has 0 spiro atoms. The van der Waals surface area contributed by atoms with Crippen LogP contribution in [0.25, 0.3) is 0 Å². The van der Waals surface area contributed by atoms with Crippen molar-refractivity contribution in [3.8, 4) is 0 Å². The molecule has 0 aliphatic heterocycles. The Balaban J connectivity index is 1.79. The van der Waals surface area contributed by atoms with Crippen LogP contribution < -0.4 is 0 Å². The van der Waals surface area contributed by atoms with Crippen molar-refractivity contribution in [2.45, 2.75) is 51.5 Å². The second-order valence-corrected chi connectivity index (χ2v) is 4.77. The van der Waals surface area contributed by atoms with E-state index in [2.05, 4.69) is 22.6 Å². The molecular formula is C12H21N4O. The first-order chi connectivity index (χ1) is 8.40. The maximum Gasteiger partial charge on any atom is 0.151 e. The van der Waals surface area contributed by atoms with Crippen molar-refractivity contribution in [2.24, 2.45) is 5.92 Å². The average Bonchev–Trinajstić information content (AvgIpc) is 2.82. The molecule has 1 radical (unpaired) electrons. The van der Waals surface area contributed by atoms with Gasteiger partial charge in [-0.05, 0) is 22.8 Å². The summed E-state index contributed by atoms with van der Waals surface area (Å²) in [7, 11) is 3.35. The van der Waals surface area contributed by atoms with Crippen LogP contribution in [0.5, 0.6) is 0 Å². The number of rotatable bonds is 6. The molecule has 95 valence electrons. The first kappa shape index (κ1) is 12.5. The molecule has 0 unspecified atom stereocenters. The number of tetrazole rings is 1. The molecule has 0 bridgehead atoms. The van der Waals surface area contributed by atoms with Gasteiger partial charge in [-0.2, -0.15) is 0 Å². The van der Waals surface area contributed by atoms with Crippen LogP contribution >= 0.6 is 0 Å².